The molecule has 2 heterocycles. The molecule has 0 fully saturated rings. The van der Waals surface area contributed by atoms with Crippen LogP contribution >= 0.6 is 11.6 Å². The number of ether oxygens (including phenoxy) is 1. The summed E-state index contributed by atoms with van der Waals surface area (Å²) < 4.78 is 5.45. The lowest BCUT2D eigenvalue weighted by Gasteiger charge is -2.08. The van der Waals surface area contributed by atoms with Gasteiger partial charge in [-0.1, -0.05) is 32.4 Å². The second-order valence-corrected chi connectivity index (χ2v) is 6.74. The summed E-state index contributed by atoms with van der Waals surface area (Å²) in [5.74, 6) is -0.304. The highest BCUT2D eigenvalue weighted by molar-refractivity contribution is 6.31. The van der Waals surface area contributed by atoms with Crippen LogP contribution in [0.15, 0.2) is 36.5 Å². The Balaban J connectivity index is 2.14. The number of halogens is 1. The predicted molar refractivity (Wildman–Crippen MR) is 101 cm³/mol. The Labute approximate surface area is 156 Å². The fourth-order valence-electron chi connectivity index (χ4n) is 2.65. The van der Waals surface area contributed by atoms with E-state index in [1.54, 1.807) is 37.4 Å². The van der Waals surface area contributed by atoms with Gasteiger partial charge in [0.25, 0.3) is 0 Å². The molecule has 1 aromatic carbocycles. The normalized spacial score (nSPS) is 11.1. The van der Waals surface area contributed by atoms with Gasteiger partial charge in [-0.15, -0.1) is 0 Å². The number of esters is 1. The zero-order chi connectivity index (χ0) is 18.8. The minimum atomic E-state index is -0.427. The molecular weight excluding hydrogens is 352 g/mol. The van der Waals surface area contributed by atoms with Gasteiger partial charge >= 0.3 is 5.97 Å². The number of hydrogen-bond donors (Lipinski definition) is 1. The Hall–Kier alpha value is -2.66. The topological polar surface area (TPSA) is 72.1 Å². The molecule has 26 heavy (non-hydrogen) atoms. The Morgan fingerprint density at radius 1 is 1.23 bits per heavy atom. The van der Waals surface area contributed by atoms with Crippen LogP contribution in [-0.4, -0.2) is 21.7 Å². The van der Waals surface area contributed by atoms with Gasteiger partial charge in [-0.25, -0.2) is 0 Å². The van der Waals surface area contributed by atoms with Crippen molar-refractivity contribution < 1.29 is 14.3 Å². The Bertz CT molecular complexity index is 992. The van der Waals surface area contributed by atoms with Gasteiger partial charge in [0.05, 0.1) is 0 Å². The second kappa shape index (κ2) is 7.30. The van der Waals surface area contributed by atoms with Gasteiger partial charge in [0.2, 0.25) is 5.78 Å². The fraction of sp³-hybridized carbons (Fsp3) is 0.250. The van der Waals surface area contributed by atoms with Crippen molar-refractivity contribution in [2.75, 3.05) is 0 Å². The lowest BCUT2D eigenvalue weighted by atomic mass is 10.0. The van der Waals surface area contributed by atoms with E-state index in [0.717, 1.165) is 5.56 Å². The Morgan fingerprint density at radius 2 is 2.00 bits per heavy atom. The highest BCUT2D eigenvalue weighted by Crippen LogP contribution is 2.34. The maximum atomic E-state index is 13.0. The third-order valence-corrected chi connectivity index (χ3v) is 4.36. The van der Waals surface area contributed by atoms with E-state index in [4.69, 9.17) is 16.3 Å². The molecule has 2 aromatic heterocycles. The predicted octanol–water partition coefficient (Wildman–Crippen LogP) is 4.89. The van der Waals surface area contributed by atoms with Crippen LogP contribution in [0.1, 0.15) is 54.9 Å². The molecule has 3 aromatic rings. The molecule has 6 heteroatoms. The maximum Gasteiger partial charge on any atom is 0.310 e. The number of fused-ring (bicyclic) bond motifs is 1. The molecule has 0 saturated carbocycles. The van der Waals surface area contributed by atoms with E-state index in [2.05, 4.69) is 9.97 Å². The van der Waals surface area contributed by atoms with E-state index in [-0.39, 0.29) is 29.6 Å². The third kappa shape index (κ3) is 3.48. The summed E-state index contributed by atoms with van der Waals surface area (Å²) in [5, 5.41) is 1.08. The number of nitrogens with zero attached hydrogens (tertiary/aromatic N) is 1. The SMILES string of the molecule is CCC(=O)Oc1c(C(=O)c2cc(C(C)C)ccn2)[nH]c2ccc(Cl)cc12. The molecule has 0 radical (unpaired) electrons. The Kier molecular flexibility index (Phi) is 5.09. The van der Waals surface area contributed by atoms with Crippen LogP contribution in [0.4, 0.5) is 0 Å². The largest absolute Gasteiger partial charge is 0.423 e. The number of carbonyl (C=O) groups excluding carboxylic acids is 2. The van der Waals surface area contributed by atoms with Crippen molar-refractivity contribution >= 4 is 34.3 Å². The monoisotopic (exact) mass is 370 g/mol. The molecule has 0 saturated heterocycles. The van der Waals surface area contributed by atoms with Crippen LogP contribution in [0.2, 0.25) is 5.02 Å². The molecule has 3 rings (SSSR count). The first-order valence-corrected chi connectivity index (χ1v) is 8.81. The fourth-order valence-corrected chi connectivity index (χ4v) is 2.82. The van der Waals surface area contributed by atoms with E-state index in [9.17, 15) is 9.59 Å². The van der Waals surface area contributed by atoms with Crippen molar-refractivity contribution in [2.24, 2.45) is 0 Å². The second-order valence-electron chi connectivity index (χ2n) is 6.30. The average Bonchev–Trinajstić information content (AvgIpc) is 2.98. The zero-order valence-electron chi connectivity index (χ0n) is 14.8. The summed E-state index contributed by atoms with van der Waals surface area (Å²) in [5.41, 5.74) is 2.16. The van der Waals surface area contributed by atoms with Crippen molar-refractivity contribution in [2.45, 2.75) is 33.1 Å². The molecule has 0 atom stereocenters. The lowest BCUT2D eigenvalue weighted by molar-refractivity contribution is -0.133. The van der Waals surface area contributed by atoms with Crippen LogP contribution in [0.25, 0.3) is 10.9 Å². The van der Waals surface area contributed by atoms with Gasteiger partial charge in [-0.2, -0.15) is 0 Å². The summed E-state index contributed by atoms with van der Waals surface area (Å²) in [6, 6.07) is 8.76. The number of nitrogens with one attached hydrogen (secondary N) is 1. The Morgan fingerprint density at radius 3 is 2.69 bits per heavy atom. The van der Waals surface area contributed by atoms with Crippen LogP contribution < -0.4 is 4.74 Å². The van der Waals surface area contributed by atoms with E-state index >= 15 is 0 Å². The summed E-state index contributed by atoms with van der Waals surface area (Å²) in [7, 11) is 0. The molecule has 0 unspecified atom stereocenters. The molecule has 0 bridgehead atoms. The standard InChI is InChI=1S/C20H19ClN2O3/c1-4-17(24)26-20-14-10-13(21)5-6-15(14)23-18(20)19(25)16-9-12(11(2)3)7-8-22-16/h5-11,23H,4H2,1-3H3. The minimum absolute atomic E-state index is 0.191. The van der Waals surface area contributed by atoms with Gasteiger partial charge in [0.1, 0.15) is 11.4 Å². The molecule has 0 aliphatic carbocycles. The number of hydrogen-bond acceptors (Lipinski definition) is 4. The molecule has 0 amide bonds. The first-order valence-electron chi connectivity index (χ1n) is 8.43. The van der Waals surface area contributed by atoms with Crippen LogP contribution in [-0.2, 0) is 4.79 Å². The molecule has 0 aliphatic rings. The van der Waals surface area contributed by atoms with Crippen molar-refractivity contribution in [1.29, 1.82) is 0 Å². The smallest absolute Gasteiger partial charge is 0.310 e. The van der Waals surface area contributed by atoms with Crippen LogP contribution in [0.3, 0.4) is 0 Å². The van der Waals surface area contributed by atoms with Crippen LogP contribution in [0, 0.1) is 0 Å². The highest BCUT2D eigenvalue weighted by Gasteiger charge is 2.23. The number of H-pyrrole nitrogens is 1. The van der Waals surface area contributed by atoms with E-state index in [1.807, 2.05) is 19.9 Å². The number of benzene rings is 1. The van der Waals surface area contributed by atoms with Gasteiger partial charge in [0.15, 0.2) is 5.75 Å². The quantitative estimate of drug-likeness (QED) is 0.513. The maximum absolute atomic E-state index is 13.0. The zero-order valence-corrected chi connectivity index (χ0v) is 15.6. The average molecular weight is 371 g/mol. The van der Waals surface area contributed by atoms with Gasteiger partial charge in [-0.05, 0) is 41.8 Å². The van der Waals surface area contributed by atoms with E-state index < -0.39 is 5.97 Å². The van der Waals surface area contributed by atoms with Crippen molar-refractivity contribution in [1.82, 2.24) is 9.97 Å². The summed E-state index contributed by atoms with van der Waals surface area (Å²) in [4.78, 5) is 32.1. The number of ketones is 1. The summed E-state index contributed by atoms with van der Waals surface area (Å²) >= 11 is 6.07. The molecular formula is C20H19ClN2O3. The molecule has 0 spiro atoms. The summed E-state index contributed by atoms with van der Waals surface area (Å²) in [6.07, 6.45) is 1.81. The van der Waals surface area contributed by atoms with Gasteiger partial charge < -0.3 is 9.72 Å². The van der Waals surface area contributed by atoms with E-state index in [1.165, 1.54) is 0 Å². The number of carbonyl (C=O) groups is 2. The minimum Gasteiger partial charge on any atom is -0.423 e. The molecule has 1 N–H and O–H groups in total. The number of pyridine rings is 1. The van der Waals surface area contributed by atoms with Crippen molar-refractivity contribution in [3.8, 4) is 5.75 Å². The first kappa shape index (κ1) is 18.1. The first-order chi connectivity index (χ1) is 12.4. The molecule has 134 valence electrons. The molecule has 0 aliphatic heterocycles. The number of aromatic nitrogens is 2. The number of aromatic amines is 1. The van der Waals surface area contributed by atoms with Crippen molar-refractivity contribution in [3.05, 3.63) is 58.5 Å². The number of rotatable bonds is 5. The third-order valence-electron chi connectivity index (χ3n) is 4.13. The highest BCUT2D eigenvalue weighted by atomic mass is 35.5. The summed E-state index contributed by atoms with van der Waals surface area (Å²) in [6.45, 7) is 5.78. The lowest BCUT2D eigenvalue weighted by Crippen LogP contribution is -2.11. The van der Waals surface area contributed by atoms with Crippen molar-refractivity contribution in [3.63, 3.8) is 0 Å². The van der Waals surface area contributed by atoms with Gasteiger partial charge in [0, 0.05) is 28.5 Å². The van der Waals surface area contributed by atoms with Crippen LogP contribution in [0.5, 0.6) is 5.75 Å². The van der Waals surface area contributed by atoms with Gasteiger partial charge in [-0.3, -0.25) is 14.6 Å². The molecule has 5 nitrogen and oxygen atoms in total. The van der Waals surface area contributed by atoms with E-state index in [0.29, 0.717) is 21.6 Å².